The second-order valence-electron chi connectivity index (χ2n) is 8.29. The normalized spacial score (nSPS) is 24.0. The summed E-state index contributed by atoms with van der Waals surface area (Å²) in [6.07, 6.45) is 5.19. The molecule has 3 aliphatic rings. The number of fused-ring (bicyclic) bond motifs is 3. The van der Waals surface area contributed by atoms with E-state index in [1.165, 1.54) is 11.1 Å². The van der Waals surface area contributed by atoms with Crippen LogP contribution in [0.1, 0.15) is 36.6 Å². The first-order chi connectivity index (χ1) is 13.6. The van der Waals surface area contributed by atoms with Gasteiger partial charge >= 0.3 is 11.1 Å². The van der Waals surface area contributed by atoms with Crippen LogP contribution < -0.4 is 15.9 Å². The van der Waals surface area contributed by atoms with Gasteiger partial charge in [0.2, 0.25) is 5.88 Å². The second kappa shape index (κ2) is 6.84. The van der Waals surface area contributed by atoms with Gasteiger partial charge in [-0.2, -0.15) is 5.10 Å². The van der Waals surface area contributed by atoms with Crippen molar-refractivity contribution in [1.29, 1.82) is 0 Å². The van der Waals surface area contributed by atoms with Gasteiger partial charge in [0, 0.05) is 56.3 Å². The van der Waals surface area contributed by atoms with Crippen LogP contribution in [0.25, 0.3) is 0 Å². The number of methoxy groups -OCH3 is 1. The molecule has 0 bridgehead atoms. The third-order valence-corrected chi connectivity index (χ3v) is 6.52. The highest BCUT2D eigenvalue weighted by Gasteiger charge is 2.43. The maximum absolute atomic E-state index is 12.6. The predicted molar refractivity (Wildman–Crippen MR) is 102 cm³/mol. The Morgan fingerprint density at radius 3 is 2.79 bits per heavy atom. The van der Waals surface area contributed by atoms with Crippen LogP contribution in [-0.2, 0) is 19.6 Å². The highest BCUT2D eigenvalue weighted by molar-refractivity contribution is 5.25. The Labute approximate surface area is 162 Å². The minimum Gasteiger partial charge on any atom is -0.481 e. The van der Waals surface area contributed by atoms with Gasteiger partial charge in [-0.15, -0.1) is 0 Å². The lowest BCUT2D eigenvalue weighted by Crippen LogP contribution is -2.45. The molecule has 1 saturated heterocycles. The summed E-state index contributed by atoms with van der Waals surface area (Å²) >= 11 is 0. The van der Waals surface area contributed by atoms with Crippen molar-refractivity contribution < 1.29 is 4.74 Å². The van der Waals surface area contributed by atoms with Crippen LogP contribution in [0.3, 0.4) is 0 Å². The summed E-state index contributed by atoms with van der Waals surface area (Å²) in [5.41, 5.74) is 0.192. The Bertz CT molecular complexity index is 1010. The van der Waals surface area contributed by atoms with Gasteiger partial charge in [0.05, 0.1) is 7.11 Å². The fraction of sp³-hybridized carbons (Fsp3) is 0.600. The molecule has 0 spiro atoms. The Hall–Kier alpha value is -2.48. The summed E-state index contributed by atoms with van der Waals surface area (Å²) in [5.74, 6) is 2.45. The summed E-state index contributed by atoms with van der Waals surface area (Å²) in [7, 11) is 1.64. The van der Waals surface area contributed by atoms with Gasteiger partial charge in [-0.25, -0.2) is 9.67 Å². The topological polar surface area (TPSA) is 82.2 Å². The second-order valence-corrected chi connectivity index (χ2v) is 8.29. The predicted octanol–water partition coefficient (Wildman–Crippen LogP) is 0.838. The van der Waals surface area contributed by atoms with E-state index >= 15 is 0 Å². The van der Waals surface area contributed by atoms with Gasteiger partial charge in [-0.3, -0.25) is 19.1 Å². The average molecular weight is 383 g/mol. The zero-order valence-corrected chi connectivity index (χ0v) is 16.1. The van der Waals surface area contributed by atoms with E-state index in [1.807, 2.05) is 12.1 Å². The lowest BCUT2D eigenvalue weighted by molar-refractivity contribution is 0.256. The zero-order valence-electron chi connectivity index (χ0n) is 16.1. The van der Waals surface area contributed by atoms with Gasteiger partial charge in [0.25, 0.3) is 0 Å². The first-order valence-electron chi connectivity index (χ1n) is 10.1. The number of ether oxygens (including phenoxy) is 1. The van der Waals surface area contributed by atoms with E-state index in [0.717, 1.165) is 43.9 Å². The van der Waals surface area contributed by atoms with Crippen molar-refractivity contribution in [2.24, 2.45) is 11.8 Å². The number of rotatable bonds is 5. The number of hydrogen-bond donors (Lipinski definition) is 0. The molecule has 2 aliphatic heterocycles. The quantitative estimate of drug-likeness (QED) is 0.712. The van der Waals surface area contributed by atoms with Crippen molar-refractivity contribution in [2.75, 3.05) is 20.2 Å². The van der Waals surface area contributed by atoms with Crippen LogP contribution in [0.5, 0.6) is 5.88 Å². The van der Waals surface area contributed by atoms with Crippen molar-refractivity contribution in [3.05, 3.63) is 50.4 Å². The number of likely N-dealkylation sites (tertiary alicyclic amines) is 1. The maximum Gasteiger partial charge on any atom is 0.332 e. The van der Waals surface area contributed by atoms with E-state index in [0.29, 0.717) is 30.8 Å². The number of nitrogens with zero attached hydrogens (tertiary/aromatic N) is 5. The van der Waals surface area contributed by atoms with Crippen molar-refractivity contribution in [1.82, 2.24) is 24.2 Å². The molecule has 2 atom stereocenters. The molecule has 8 heteroatoms. The molecule has 5 rings (SSSR count). The van der Waals surface area contributed by atoms with Crippen LogP contribution in [-0.4, -0.2) is 44.4 Å². The zero-order chi connectivity index (χ0) is 19.3. The van der Waals surface area contributed by atoms with Crippen LogP contribution in [0.15, 0.2) is 27.9 Å². The Kier molecular flexibility index (Phi) is 4.30. The number of hydrogen-bond acceptors (Lipinski definition) is 6. The summed E-state index contributed by atoms with van der Waals surface area (Å²) in [5, 5.41) is 4.66. The molecule has 0 radical (unpaired) electrons. The molecule has 1 aliphatic carbocycles. The average Bonchev–Trinajstić information content (AvgIpc) is 3.20. The lowest BCUT2D eigenvalue weighted by Gasteiger charge is -2.25. The summed E-state index contributed by atoms with van der Waals surface area (Å²) in [6.45, 7) is 3.64. The third-order valence-electron chi connectivity index (χ3n) is 6.52. The Morgan fingerprint density at radius 2 is 2.04 bits per heavy atom. The van der Waals surface area contributed by atoms with Crippen molar-refractivity contribution in [3.63, 3.8) is 0 Å². The van der Waals surface area contributed by atoms with E-state index < -0.39 is 11.1 Å². The lowest BCUT2D eigenvalue weighted by atomic mass is 9.85. The maximum atomic E-state index is 12.6. The fourth-order valence-corrected chi connectivity index (χ4v) is 4.82. The van der Waals surface area contributed by atoms with E-state index in [2.05, 4.69) is 15.0 Å². The van der Waals surface area contributed by atoms with Gasteiger partial charge in [-0.05, 0) is 24.8 Å². The van der Waals surface area contributed by atoms with Crippen molar-refractivity contribution in [3.8, 4) is 5.88 Å². The highest BCUT2D eigenvalue weighted by atomic mass is 16.5. The molecular weight excluding hydrogens is 358 g/mol. The van der Waals surface area contributed by atoms with Crippen LogP contribution in [0, 0.1) is 11.8 Å². The Morgan fingerprint density at radius 1 is 1.18 bits per heavy atom. The summed E-state index contributed by atoms with van der Waals surface area (Å²) in [4.78, 5) is 31.7. The number of aromatic nitrogens is 4. The SMILES string of the molecule is COc1ncccc1CN1C[C@H]2Cn3c(nn(CC4CCC4)c(=O)c3=O)[C@@H]2C1. The molecule has 2 aromatic heterocycles. The molecule has 28 heavy (non-hydrogen) atoms. The standard InChI is InChI=1S/C20H25N5O3/c1-28-18-14(6-3-7-21-18)9-23-10-15-11-24-17(16(15)12-23)22-25(20(27)19(24)26)8-13-4-2-5-13/h3,6-7,13,15-16H,2,4-5,8-12H2,1H3/t15-,16+/m0/s1. The third kappa shape index (κ3) is 2.87. The van der Waals surface area contributed by atoms with Crippen molar-refractivity contribution in [2.45, 2.75) is 44.8 Å². The Balaban J connectivity index is 1.38. The molecule has 4 heterocycles. The van der Waals surface area contributed by atoms with Crippen LogP contribution in [0.2, 0.25) is 0 Å². The molecule has 148 valence electrons. The van der Waals surface area contributed by atoms with E-state index in [4.69, 9.17) is 4.74 Å². The summed E-state index contributed by atoms with van der Waals surface area (Å²) in [6, 6.07) is 3.96. The highest BCUT2D eigenvalue weighted by Crippen LogP contribution is 2.38. The minimum absolute atomic E-state index is 0.198. The molecule has 2 fully saturated rings. The molecule has 2 aromatic rings. The molecular formula is C20H25N5O3. The fourth-order valence-electron chi connectivity index (χ4n) is 4.82. The monoisotopic (exact) mass is 383 g/mol. The van der Waals surface area contributed by atoms with Crippen molar-refractivity contribution >= 4 is 0 Å². The molecule has 8 nitrogen and oxygen atoms in total. The molecule has 0 unspecified atom stereocenters. The number of pyridine rings is 1. The van der Waals surface area contributed by atoms with Gasteiger partial charge in [0.15, 0.2) is 0 Å². The van der Waals surface area contributed by atoms with E-state index in [-0.39, 0.29) is 5.92 Å². The minimum atomic E-state index is -0.465. The first kappa shape index (κ1) is 17.6. The summed E-state index contributed by atoms with van der Waals surface area (Å²) < 4.78 is 8.43. The molecule has 0 N–H and O–H groups in total. The van der Waals surface area contributed by atoms with E-state index in [9.17, 15) is 9.59 Å². The first-order valence-corrected chi connectivity index (χ1v) is 10.1. The largest absolute Gasteiger partial charge is 0.481 e. The van der Waals surface area contributed by atoms with Crippen LogP contribution >= 0.6 is 0 Å². The van der Waals surface area contributed by atoms with Gasteiger partial charge in [-0.1, -0.05) is 12.5 Å². The van der Waals surface area contributed by atoms with Gasteiger partial charge in [0.1, 0.15) is 5.82 Å². The molecule has 0 amide bonds. The van der Waals surface area contributed by atoms with Crippen LogP contribution in [0.4, 0.5) is 0 Å². The molecule has 0 aromatic carbocycles. The molecule has 1 saturated carbocycles. The smallest absolute Gasteiger partial charge is 0.332 e. The van der Waals surface area contributed by atoms with Gasteiger partial charge < -0.3 is 4.74 Å². The van der Waals surface area contributed by atoms with E-state index in [1.54, 1.807) is 17.9 Å².